The van der Waals surface area contributed by atoms with E-state index in [9.17, 15) is 0 Å². The average molecular weight is 619 g/mol. The summed E-state index contributed by atoms with van der Waals surface area (Å²) in [6.07, 6.45) is 9.76. The molecule has 4 N–H and O–H groups in total. The molecule has 0 fully saturated rings. The van der Waals surface area contributed by atoms with E-state index < -0.39 is 0 Å². The summed E-state index contributed by atoms with van der Waals surface area (Å²) in [5.74, 6) is 2.66. The largest absolute Gasteiger partial charge is 0.497 e. The van der Waals surface area contributed by atoms with Crippen molar-refractivity contribution in [2.24, 2.45) is 10.7 Å². The zero-order valence-corrected chi connectivity index (χ0v) is 25.7. The lowest BCUT2D eigenvalue weighted by Gasteiger charge is -2.11. The van der Waals surface area contributed by atoms with Crippen molar-refractivity contribution in [1.82, 2.24) is 15.0 Å². The van der Waals surface area contributed by atoms with Gasteiger partial charge in [0.05, 0.1) is 18.3 Å². The zero-order chi connectivity index (χ0) is 26.6. The fourth-order valence-corrected chi connectivity index (χ4v) is 3.92. The van der Waals surface area contributed by atoms with Crippen molar-refractivity contribution in [2.75, 3.05) is 30.8 Å². The molecule has 4 aromatic rings. The normalized spacial score (nSPS) is 10.8. The predicted octanol–water partition coefficient (Wildman–Crippen LogP) is 7.18. The van der Waals surface area contributed by atoms with Crippen LogP contribution in [0.1, 0.15) is 42.8 Å². The number of hydrogen-bond donors (Lipinski definition) is 3. The summed E-state index contributed by atoms with van der Waals surface area (Å²) in [7, 11) is 1.66. The second-order valence-corrected chi connectivity index (χ2v) is 9.00. The van der Waals surface area contributed by atoms with E-state index in [1.807, 2.05) is 72.8 Å². The number of anilines is 2. The Morgan fingerprint density at radius 3 is 2.44 bits per heavy atom. The Morgan fingerprint density at radius 2 is 1.71 bits per heavy atom. The second kappa shape index (κ2) is 18.7. The number of rotatable bonds is 12. The van der Waals surface area contributed by atoms with Gasteiger partial charge in [-0.1, -0.05) is 36.6 Å². The van der Waals surface area contributed by atoms with Crippen LogP contribution in [0.15, 0.2) is 71.9 Å². The van der Waals surface area contributed by atoms with Crippen LogP contribution in [-0.4, -0.2) is 41.1 Å². The summed E-state index contributed by atoms with van der Waals surface area (Å²) < 4.78 is 5.42. The lowest BCUT2D eigenvalue weighted by molar-refractivity contribution is 0.415. The molecule has 220 valence electrons. The number of aromatic nitrogens is 3. The molecule has 4 rings (SSSR count). The van der Waals surface area contributed by atoms with Crippen LogP contribution in [0.3, 0.4) is 0 Å². The van der Waals surface area contributed by atoms with Crippen LogP contribution in [0.4, 0.5) is 11.5 Å². The number of halogens is 3. The van der Waals surface area contributed by atoms with Crippen molar-refractivity contribution >= 4 is 77.7 Å². The number of hydrogen-bond acceptors (Lipinski definition) is 6. The molecule has 0 saturated heterocycles. The Balaban J connectivity index is 0.00000280. The predicted molar refractivity (Wildman–Crippen MR) is 179 cm³/mol. The third kappa shape index (κ3) is 11.4. The Hall–Kier alpha value is -3.59. The molecule has 0 aliphatic heterocycles. The number of pyridine rings is 1. The smallest absolute Gasteiger partial charge is 0.193 e. The molecule has 0 amide bonds. The van der Waals surface area contributed by atoms with Crippen LogP contribution in [0.5, 0.6) is 5.75 Å². The molecule has 11 heteroatoms. The van der Waals surface area contributed by atoms with E-state index in [2.05, 4.69) is 27.5 Å². The van der Waals surface area contributed by atoms with Crippen LogP contribution in [0, 0.1) is 6.92 Å². The Labute approximate surface area is 260 Å². The number of nitrogens with one attached hydrogen (secondary N) is 2. The van der Waals surface area contributed by atoms with Gasteiger partial charge < -0.3 is 21.1 Å². The Morgan fingerprint density at radius 1 is 0.927 bits per heavy atom. The summed E-state index contributed by atoms with van der Waals surface area (Å²) in [6, 6.07) is 19.7. The number of nitrogens with zero attached hydrogens (tertiary/aromatic N) is 4. The molecule has 41 heavy (non-hydrogen) atoms. The molecule has 2 aromatic heterocycles. The fourth-order valence-electron chi connectivity index (χ4n) is 3.92. The fraction of sp³-hybridized carbons (Fsp3) is 0.267. The number of aliphatic imine (C=N–C) groups is 1. The first-order chi connectivity index (χ1) is 18.6. The van der Waals surface area contributed by atoms with Gasteiger partial charge in [-0.15, -0.1) is 37.2 Å². The van der Waals surface area contributed by atoms with Crippen LogP contribution in [0.2, 0.25) is 0 Å². The molecule has 0 atom stereocenters. The van der Waals surface area contributed by atoms with E-state index in [1.165, 1.54) is 5.56 Å². The van der Waals surface area contributed by atoms with Gasteiger partial charge in [0.15, 0.2) is 11.8 Å². The summed E-state index contributed by atoms with van der Waals surface area (Å²) in [4.78, 5) is 18.2. The number of unbranched alkanes of at least 4 members (excludes halogenated alkanes) is 3. The zero-order valence-electron chi connectivity index (χ0n) is 23.2. The molecule has 2 aromatic carbocycles. The molecule has 0 spiro atoms. The van der Waals surface area contributed by atoms with Crippen molar-refractivity contribution in [2.45, 2.75) is 32.6 Å². The van der Waals surface area contributed by atoms with Gasteiger partial charge in [0.1, 0.15) is 11.6 Å². The van der Waals surface area contributed by atoms with Crippen molar-refractivity contribution < 1.29 is 4.74 Å². The Bertz CT molecular complexity index is 1380. The van der Waals surface area contributed by atoms with E-state index >= 15 is 0 Å². The second-order valence-electron chi connectivity index (χ2n) is 9.00. The first-order valence-electron chi connectivity index (χ1n) is 12.9. The molecular formula is C30H38Cl3N7O. The van der Waals surface area contributed by atoms with E-state index in [-0.39, 0.29) is 37.2 Å². The summed E-state index contributed by atoms with van der Waals surface area (Å²) >= 11 is 0. The Kier molecular flexibility index (Phi) is 16.2. The quantitative estimate of drug-likeness (QED) is 0.0876. The highest BCUT2D eigenvalue weighted by atomic mass is 35.5. The molecule has 0 unspecified atom stereocenters. The highest BCUT2D eigenvalue weighted by Crippen LogP contribution is 2.26. The number of methoxy groups -OCH3 is 1. The average Bonchev–Trinajstić information content (AvgIpc) is 2.94. The van der Waals surface area contributed by atoms with Gasteiger partial charge in [-0.05, 0) is 74.4 Å². The number of nitrogens with two attached hydrogens (primary N) is 1. The molecule has 0 aliphatic rings. The lowest BCUT2D eigenvalue weighted by atomic mass is 10.2. The third-order valence-electron chi connectivity index (χ3n) is 5.99. The topological polar surface area (TPSA) is 110 Å². The number of aryl methyl sites for hydroxylation is 1. The third-order valence-corrected chi connectivity index (χ3v) is 5.99. The van der Waals surface area contributed by atoms with Crippen molar-refractivity contribution in [3.05, 3.63) is 83.9 Å². The van der Waals surface area contributed by atoms with Crippen LogP contribution in [0.25, 0.3) is 23.1 Å². The molecule has 0 saturated carbocycles. The summed E-state index contributed by atoms with van der Waals surface area (Å²) in [6.45, 7) is 3.58. The van der Waals surface area contributed by atoms with E-state index in [0.717, 1.165) is 66.1 Å². The molecule has 8 nitrogen and oxygen atoms in total. The van der Waals surface area contributed by atoms with Gasteiger partial charge in [-0.3, -0.25) is 9.98 Å². The minimum absolute atomic E-state index is 0. The summed E-state index contributed by atoms with van der Waals surface area (Å²) in [5.41, 5.74) is 9.89. The lowest BCUT2D eigenvalue weighted by Crippen LogP contribution is -2.22. The molecular weight excluding hydrogens is 581 g/mol. The van der Waals surface area contributed by atoms with Crippen LogP contribution in [-0.2, 0) is 0 Å². The molecule has 2 heterocycles. The van der Waals surface area contributed by atoms with Gasteiger partial charge in [-0.25, -0.2) is 9.97 Å². The number of benzene rings is 2. The van der Waals surface area contributed by atoms with E-state index in [4.69, 9.17) is 20.4 Å². The SMILES string of the molecule is COc1ccc2nc(/C=C/c3ccccn3)nc(NCCCCCCN=C(N)Nc3ccc(C)cc3)c2c1.Cl.Cl.Cl. The minimum atomic E-state index is 0. The maximum Gasteiger partial charge on any atom is 0.193 e. The molecule has 0 radical (unpaired) electrons. The molecule has 0 aliphatic carbocycles. The van der Waals surface area contributed by atoms with Gasteiger partial charge >= 0.3 is 0 Å². The van der Waals surface area contributed by atoms with Crippen LogP contribution < -0.4 is 21.1 Å². The van der Waals surface area contributed by atoms with Gasteiger partial charge in [0.25, 0.3) is 0 Å². The first kappa shape index (κ1) is 35.4. The van der Waals surface area contributed by atoms with Crippen molar-refractivity contribution in [3.8, 4) is 5.75 Å². The van der Waals surface area contributed by atoms with Gasteiger partial charge in [-0.2, -0.15) is 0 Å². The number of fused-ring (bicyclic) bond motifs is 1. The summed E-state index contributed by atoms with van der Waals surface area (Å²) in [5, 5.41) is 7.57. The van der Waals surface area contributed by atoms with Crippen LogP contribution >= 0.6 is 37.2 Å². The minimum Gasteiger partial charge on any atom is -0.497 e. The number of ether oxygens (including phenoxy) is 1. The highest BCUT2D eigenvalue weighted by Gasteiger charge is 2.08. The van der Waals surface area contributed by atoms with E-state index in [0.29, 0.717) is 18.3 Å². The standard InChI is InChI=1S/C30H35N7O.3ClH/c1-22-10-12-24(13-11-22)35-30(31)34-20-7-4-3-6-19-33-29-26-21-25(38-2)15-16-27(26)36-28(37-29)17-14-23-9-5-8-18-32-23;;;/h5,8-18,21H,3-4,6-7,19-20H2,1-2H3,(H3,31,34,35)(H,33,36,37);3*1H/b17-14+;;;. The monoisotopic (exact) mass is 617 g/mol. The maximum atomic E-state index is 6.00. The van der Waals surface area contributed by atoms with E-state index in [1.54, 1.807) is 13.3 Å². The first-order valence-corrected chi connectivity index (χ1v) is 12.9. The van der Waals surface area contributed by atoms with Crippen molar-refractivity contribution in [1.29, 1.82) is 0 Å². The van der Waals surface area contributed by atoms with Gasteiger partial charge in [0.2, 0.25) is 0 Å². The number of guanidine groups is 1. The highest BCUT2D eigenvalue weighted by molar-refractivity contribution is 5.92. The maximum absolute atomic E-state index is 6.00. The van der Waals surface area contributed by atoms with Crippen molar-refractivity contribution in [3.63, 3.8) is 0 Å². The molecule has 0 bridgehead atoms. The van der Waals surface area contributed by atoms with Gasteiger partial charge in [0, 0.05) is 30.4 Å².